The number of nitrogens with zero attached hydrogens (tertiary/aromatic N) is 2. The van der Waals surface area contributed by atoms with E-state index in [0.717, 1.165) is 5.56 Å². The zero-order chi connectivity index (χ0) is 11.4. The molecular formula is C10H8ClN3OS. The van der Waals surface area contributed by atoms with Crippen LogP contribution < -0.4 is 5.32 Å². The minimum atomic E-state index is -0.0366. The fourth-order valence-electron chi connectivity index (χ4n) is 1.08. The molecule has 0 aromatic heterocycles. The lowest BCUT2D eigenvalue weighted by Crippen LogP contribution is -2.19. The Morgan fingerprint density at radius 2 is 2.12 bits per heavy atom. The largest absolute Gasteiger partial charge is 0.303 e. The fourth-order valence-corrected chi connectivity index (χ4v) is 1.83. The van der Waals surface area contributed by atoms with Crippen LogP contribution in [0.25, 0.3) is 0 Å². The molecule has 6 heteroatoms. The van der Waals surface area contributed by atoms with E-state index in [0.29, 0.717) is 15.9 Å². The van der Waals surface area contributed by atoms with E-state index in [4.69, 9.17) is 11.6 Å². The summed E-state index contributed by atoms with van der Waals surface area (Å²) in [5, 5.41) is 11.6. The first-order chi connectivity index (χ1) is 7.74. The molecule has 0 spiro atoms. The molecule has 1 N–H and O–H groups in total. The molecule has 1 fully saturated rings. The molecular weight excluding hydrogens is 246 g/mol. The number of halogens is 1. The van der Waals surface area contributed by atoms with Crippen molar-refractivity contribution in [2.75, 3.05) is 5.75 Å². The molecule has 0 saturated carbocycles. The predicted molar refractivity (Wildman–Crippen MR) is 67.1 cm³/mol. The summed E-state index contributed by atoms with van der Waals surface area (Å²) in [7, 11) is 0. The molecule has 0 aliphatic carbocycles. The second kappa shape index (κ2) is 5.14. The number of nitrogens with one attached hydrogen (secondary N) is 1. The maximum Gasteiger partial charge on any atom is 0.236 e. The van der Waals surface area contributed by atoms with Gasteiger partial charge in [0.25, 0.3) is 0 Å². The quantitative estimate of drug-likeness (QED) is 0.646. The van der Waals surface area contributed by atoms with Crippen molar-refractivity contribution in [1.82, 2.24) is 5.32 Å². The van der Waals surface area contributed by atoms with Crippen LogP contribution in [0.2, 0.25) is 5.02 Å². The lowest BCUT2D eigenvalue weighted by Gasteiger charge is -1.92. The van der Waals surface area contributed by atoms with Crippen LogP contribution in [0.15, 0.2) is 34.5 Å². The summed E-state index contributed by atoms with van der Waals surface area (Å²) in [4.78, 5) is 10.8. The van der Waals surface area contributed by atoms with Gasteiger partial charge in [0.15, 0.2) is 5.17 Å². The van der Waals surface area contributed by atoms with Gasteiger partial charge in [0.05, 0.1) is 12.0 Å². The van der Waals surface area contributed by atoms with E-state index in [1.165, 1.54) is 11.8 Å². The number of amides is 1. The van der Waals surface area contributed by atoms with Gasteiger partial charge < -0.3 is 5.32 Å². The third-order valence-electron chi connectivity index (χ3n) is 1.81. The third-order valence-corrected chi connectivity index (χ3v) is 2.93. The van der Waals surface area contributed by atoms with Gasteiger partial charge in [0, 0.05) is 5.02 Å². The predicted octanol–water partition coefficient (Wildman–Crippen LogP) is 1.89. The summed E-state index contributed by atoms with van der Waals surface area (Å²) in [5.41, 5.74) is 0.906. The molecule has 1 aliphatic heterocycles. The summed E-state index contributed by atoms with van der Waals surface area (Å²) < 4.78 is 0. The summed E-state index contributed by atoms with van der Waals surface area (Å²) in [6.07, 6.45) is 1.61. The Hall–Kier alpha value is -1.33. The van der Waals surface area contributed by atoms with Crippen molar-refractivity contribution in [1.29, 1.82) is 0 Å². The van der Waals surface area contributed by atoms with Crippen LogP contribution in [0.1, 0.15) is 5.56 Å². The van der Waals surface area contributed by atoms with Gasteiger partial charge in [-0.05, 0) is 17.7 Å². The lowest BCUT2D eigenvalue weighted by molar-refractivity contribution is -0.116. The Kier molecular flexibility index (Phi) is 3.58. The molecule has 1 aromatic rings. The van der Waals surface area contributed by atoms with Crippen LogP contribution in [-0.4, -0.2) is 23.0 Å². The van der Waals surface area contributed by atoms with Crippen molar-refractivity contribution in [3.63, 3.8) is 0 Å². The normalized spacial score (nSPS) is 18.3. The molecule has 0 unspecified atom stereocenters. The van der Waals surface area contributed by atoms with E-state index in [-0.39, 0.29) is 5.91 Å². The summed E-state index contributed by atoms with van der Waals surface area (Å²) in [5.74, 6) is 0.375. The minimum absolute atomic E-state index is 0.0366. The number of rotatable bonds is 2. The van der Waals surface area contributed by atoms with Crippen molar-refractivity contribution >= 4 is 40.7 Å². The summed E-state index contributed by atoms with van der Waals surface area (Å²) >= 11 is 7.09. The average molecular weight is 254 g/mol. The highest BCUT2D eigenvalue weighted by molar-refractivity contribution is 8.15. The first-order valence-electron chi connectivity index (χ1n) is 4.53. The smallest absolute Gasteiger partial charge is 0.236 e. The monoisotopic (exact) mass is 253 g/mol. The molecule has 1 aromatic carbocycles. The van der Waals surface area contributed by atoms with E-state index >= 15 is 0 Å². The second-order valence-electron chi connectivity index (χ2n) is 3.04. The average Bonchev–Trinajstić information content (AvgIpc) is 2.67. The molecule has 16 heavy (non-hydrogen) atoms. The molecule has 1 saturated heterocycles. The first-order valence-corrected chi connectivity index (χ1v) is 5.89. The molecule has 0 atom stereocenters. The maximum atomic E-state index is 10.8. The number of hydrogen-bond acceptors (Lipinski definition) is 4. The summed E-state index contributed by atoms with van der Waals surface area (Å²) in [6, 6.07) is 7.24. The van der Waals surface area contributed by atoms with Crippen LogP contribution in [0.5, 0.6) is 0 Å². The Balaban J connectivity index is 1.99. The van der Waals surface area contributed by atoms with Crippen molar-refractivity contribution in [3.8, 4) is 0 Å². The second-order valence-corrected chi connectivity index (χ2v) is 4.44. The van der Waals surface area contributed by atoms with E-state index in [1.807, 2.05) is 12.1 Å². The Bertz CT molecular complexity index is 456. The van der Waals surface area contributed by atoms with Gasteiger partial charge in [0.2, 0.25) is 5.91 Å². The number of carbonyl (C=O) groups excluding carboxylic acids is 1. The van der Waals surface area contributed by atoms with Crippen LogP contribution in [-0.2, 0) is 4.79 Å². The van der Waals surface area contributed by atoms with Crippen molar-refractivity contribution in [2.24, 2.45) is 10.2 Å². The number of benzene rings is 1. The van der Waals surface area contributed by atoms with Crippen molar-refractivity contribution < 1.29 is 4.79 Å². The maximum absolute atomic E-state index is 10.8. The molecule has 82 valence electrons. The lowest BCUT2D eigenvalue weighted by atomic mass is 10.2. The number of amidine groups is 1. The van der Waals surface area contributed by atoms with Gasteiger partial charge in [-0.1, -0.05) is 35.5 Å². The Morgan fingerprint density at radius 1 is 1.38 bits per heavy atom. The van der Waals surface area contributed by atoms with E-state index < -0.39 is 0 Å². The van der Waals surface area contributed by atoms with Crippen molar-refractivity contribution in [2.45, 2.75) is 0 Å². The van der Waals surface area contributed by atoms with E-state index in [1.54, 1.807) is 18.3 Å². The fraction of sp³-hybridized carbons (Fsp3) is 0.100. The van der Waals surface area contributed by atoms with Gasteiger partial charge in [0.1, 0.15) is 0 Å². The number of thioether (sulfide) groups is 1. The number of carbonyl (C=O) groups is 1. The van der Waals surface area contributed by atoms with Crippen LogP contribution in [0.3, 0.4) is 0 Å². The van der Waals surface area contributed by atoms with E-state index in [2.05, 4.69) is 15.5 Å². The third kappa shape index (κ3) is 3.08. The van der Waals surface area contributed by atoms with Gasteiger partial charge in [-0.15, -0.1) is 5.10 Å². The molecule has 0 radical (unpaired) electrons. The van der Waals surface area contributed by atoms with Gasteiger partial charge in [-0.25, -0.2) is 0 Å². The molecule has 1 amide bonds. The molecule has 0 bridgehead atoms. The zero-order valence-electron chi connectivity index (χ0n) is 8.18. The highest BCUT2D eigenvalue weighted by Gasteiger charge is 2.15. The Morgan fingerprint density at radius 3 is 2.75 bits per heavy atom. The first kappa shape index (κ1) is 11.2. The standard InChI is InChI=1S/C10H8ClN3OS/c11-8-3-1-7(2-4-8)5-12-14-10-13-9(15)6-16-10/h1-5H,6H2,(H,13,14,15). The molecule has 2 rings (SSSR count). The minimum Gasteiger partial charge on any atom is -0.303 e. The summed E-state index contributed by atoms with van der Waals surface area (Å²) in [6.45, 7) is 0. The topological polar surface area (TPSA) is 53.8 Å². The van der Waals surface area contributed by atoms with Crippen molar-refractivity contribution in [3.05, 3.63) is 34.9 Å². The van der Waals surface area contributed by atoms with Crippen LogP contribution >= 0.6 is 23.4 Å². The number of hydrogen-bond donors (Lipinski definition) is 1. The highest BCUT2D eigenvalue weighted by Crippen LogP contribution is 2.09. The zero-order valence-corrected chi connectivity index (χ0v) is 9.76. The van der Waals surface area contributed by atoms with E-state index in [9.17, 15) is 4.79 Å². The molecule has 1 heterocycles. The van der Waals surface area contributed by atoms with Crippen LogP contribution in [0, 0.1) is 0 Å². The SMILES string of the molecule is O=C1CSC(=NN=Cc2ccc(Cl)cc2)N1. The van der Waals surface area contributed by atoms with Crippen LogP contribution in [0.4, 0.5) is 0 Å². The highest BCUT2D eigenvalue weighted by atomic mass is 35.5. The van der Waals surface area contributed by atoms with Gasteiger partial charge in [-0.3, -0.25) is 4.79 Å². The molecule has 1 aliphatic rings. The molecule has 4 nitrogen and oxygen atoms in total. The van der Waals surface area contributed by atoms with Gasteiger partial charge >= 0.3 is 0 Å². The van der Waals surface area contributed by atoms with Gasteiger partial charge in [-0.2, -0.15) is 5.10 Å². The Labute approximate surface area is 102 Å².